The molecule has 0 aromatic rings. The van der Waals surface area contributed by atoms with E-state index in [0.717, 1.165) is 6.04 Å². The predicted octanol–water partition coefficient (Wildman–Crippen LogP) is 2.63. The van der Waals surface area contributed by atoms with Crippen molar-refractivity contribution < 1.29 is 9.96 Å². The van der Waals surface area contributed by atoms with Crippen LogP contribution in [0.4, 0.5) is 0 Å². The van der Waals surface area contributed by atoms with E-state index in [9.17, 15) is 0 Å². The molecule has 1 rings (SSSR count). The summed E-state index contributed by atoms with van der Waals surface area (Å²) in [6.07, 6.45) is 7.36. The molecule has 0 atom stereocenters. The summed E-state index contributed by atoms with van der Waals surface area (Å²) >= 11 is 0. The van der Waals surface area contributed by atoms with E-state index in [1.54, 1.807) is 0 Å². The third-order valence-electron chi connectivity index (χ3n) is 3.90. The molecule has 0 amide bonds. The average molecular weight is 187 g/mol. The van der Waals surface area contributed by atoms with Crippen LogP contribution in [-0.2, 0) is 0 Å². The lowest BCUT2D eigenvalue weighted by molar-refractivity contribution is -0.931. The van der Waals surface area contributed by atoms with Crippen molar-refractivity contribution in [3.63, 3.8) is 0 Å². The highest BCUT2D eigenvalue weighted by molar-refractivity contribution is 4.66. The van der Waals surface area contributed by atoms with Gasteiger partial charge in [0.15, 0.2) is 0 Å². The first-order chi connectivity index (χ1) is 5.73. The zero-order chi connectivity index (χ0) is 9.03. The van der Waals surface area contributed by atoms with Crippen LogP contribution in [0, 0.1) is 0 Å². The van der Waals surface area contributed by atoms with E-state index in [0.29, 0.717) is 0 Å². The summed E-state index contributed by atoms with van der Waals surface area (Å²) in [6.45, 7) is 7.28. The third-order valence-corrected chi connectivity index (χ3v) is 3.90. The molecule has 1 N–H and O–H groups in total. The fourth-order valence-corrected chi connectivity index (χ4v) is 2.44. The fraction of sp³-hybridized carbons (Fsp3) is 1.00. The quantitative estimate of drug-likeness (QED) is 0.625. The van der Waals surface area contributed by atoms with E-state index in [-0.39, 0.29) is 5.48 Å². The Bertz CT molecular complexity index is 126. The van der Waals surface area contributed by atoms with Crippen LogP contribution in [0.3, 0.4) is 0 Å². The molecule has 0 radical (unpaired) electrons. The summed E-state index contributed by atoms with van der Waals surface area (Å²) < 4.78 is 1.31. The molecule has 1 fully saturated rings. The molecule has 0 heterocycles. The SMILES string of the molecule is CC[N+](C)(CC)C1CCCCC1.[OH-]. The second kappa shape index (κ2) is 5.61. The molecule has 0 bridgehead atoms. The van der Waals surface area contributed by atoms with Crippen molar-refractivity contribution in [3.8, 4) is 0 Å². The van der Waals surface area contributed by atoms with Gasteiger partial charge in [-0.05, 0) is 39.5 Å². The zero-order valence-corrected chi connectivity index (χ0v) is 9.42. The molecule has 0 unspecified atom stereocenters. The molecule has 0 aromatic carbocycles. The number of hydrogen-bond donors (Lipinski definition) is 0. The highest BCUT2D eigenvalue weighted by Gasteiger charge is 2.30. The van der Waals surface area contributed by atoms with Crippen LogP contribution in [0.1, 0.15) is 46.0 Å². The lowest BCUT2D eigenvalue weighted by Gasteiger charge is -2.42. The van der Waals surface area contributed by atoms with E-state index in [2.05, 4.69) is 20.9 Å². The molecule has 80 valence electrons. The number of nitrogens with zero attached hydrogens (tertiary/aromatic N) is 1. The molecule has 1 aliphatic rings. The first-order valence-electron chi connectivity index (χ1n) is 5.57. The van der Waals surface area contributed by atoms with Crippen LogP contribution in [0.25, 0.3) is 0 Å². The van der Waals surface area contributed by atoms with Gasteiger partial charge in [0, 0.05) is 0 Å². The van der Waals surface area contributed by atoms with Gasteiger partial charge in [-0.15, -0.1) is 0 Å². The maximum absolute atomic E-state index is 2.43. The lowest BCUT2D eigenvalue weighted by atomic mass is 9.92. The van der Waals surface area contributed by atoms with Gasteiger partial charge in [-0.25, -0.2) is 0 Å². The van der Waals surface area contributed by atoms with Gasteiger partial charge in [-0.2, -0.15) is 0 Å². The summed E-state index contributed by atoms with van der Waals surface area (Å²) in [6, 6.07) is 0.966. The summed E-state index contributed by atoms with van der Waals surface area (Å²) in [7, 11) is 2.43. The Kier molecular flexibility index (Phi) is 5.57. The normalized spacial score (nSPS) is 19.6. The smallest absolute Gasteiger partial charge is 0.0888 e. The molecule has 0 saturated heterocycles. The topological polar surface area (TPSA) is 30.0 Å². The highest BCUT2D eigenvalue weighted by atomic mass is 16.0. The van der Waals surface area contributed by atoms with Gasteiger partial charge in [0.25, 0.3) is 0 Å². The van der Waals surface area contributed by atoms with Gasteiger partial charge in [-0.3, -0.25) is 0 Å². The zero-order valence-electron chi connectivity index (χ0n) is 9.42. The van der Waals surface area contributed by atoms with E-state index in [1.807, 2.05) is 0 Å². The van der Waals surface area contributed by atoms with Crippen LogP contribution in [0.2, 0.25) is 0 Å². The molecule has 0 spiro atoms. The molecular weight excluding hydrogens is 162 g/mol. The fourth-order valence-electron chi connectivity index (χ4n) is 2.44. The van der Waals surface area contributed by atoms with Gasteiger partial charge < -0.3 is 9.96 Å². The second-order valence-electron chi connectivity index (χ2n) is 4.40. The number of quaternary nitrogens is 1. The molecule has 0 aliphatic heterocycles. The molecule has 0 aromatic heterocycles. The molecular formula is C11H25NO. The van der Waals surface area contributed by atoms with E-state index in [4.69, 9.17) is 0 Å². The van der Waals surface area contributed by atoms with Gasteiger partial charge in [0.05, 0.1) is 26.2 Å². The minimum atomic E-state index is 0. The van der Waals surface area contributed by atoms with E-state index in [1.165, 1.54) is 49.7 Å². The van der Waals surface area contributed by atoms with Crippen molar-refractivity contribution in [1.82, 2.24) is 0 Å². The van der Waals surface area contributed by atoms with Crippen LogP contribution in [0.5, 0.6) is 0 Å². The standard InChI is InChI=1S/C11H24N.H2O/c1-4-12(3,5-2)11-9-7-6-8-10-11;/h11H,4-10H2,1-3H3;1H2/q+1;/p-1. The molecule has 13 heavy (non-hydrogen) atoms. The second-order valence-corrected chi connectivity index (χ2v) is 4.40. The van der Waals surface area contributed by atoms with Gasteiger partial charge >= 0.3 is 0 Å². The van der Waals surface area contributed by atoms with Gasteiger partial charge in [0.2, 0.25) is 0 Å². The number of rotatable bonds is 3. The monoisotopic (exact) mass is 187 g/mol. The maximum atomic E-state index is 2.43. The van der Waals surface area contributed by atoms with E-state index < -0.39 is 0 Å². The van der Waals surface area contributed by atoms with Crippen LogP contribution < -0.4 is 0 Å². The Hall–Kier alpha value is -0.0800. The van der Waals surface area contributed by atoms with Crippen molar-refractivity contribution in [3.05, 3.63) is 0 Å². The Morgan fingerprint density at radius 3 is 1.85 bits per heavy atom. The van der Waals surface area contributed by atoms with Gasteiger partial charge in [0.1, 0.15) is 0 Å². The Labute approximate surface area is 82.8 Å². The Morgan fingerprint density at radius 1 is 1.00 bits per heavy atom. The minimum Gasteiger partial charge on any atom is -0.870 e. The molecule has 1 aliphatic carbocycles. The van der Waals surface area contributed by atoms with E-state index >= 15 is 0 Å². The van der Waals surface area contributed by atoms with Crippen molar-refractivity contribution in [2.75, 3.05) is 20.1 Å². The Morgan fingerprint density at radius 2 is 1.46 bits per heavy atom. The Balaban J connectivity index is 0.00000144. The molecule has 2 nitrogen and oxygen atoms in total. The first kappa shape index (κ1) is 12.9. The van der Waals surface area contributed by atoms with Crippen molar-refractivity contribution in [2.24, 2.45) is 0 Å². The van der Waals surface area contributed by atoms with Crippen LogP contribution in [-0.4, -0.2) is 36.1 Å². The van der Waals surface area contributed by atoms with Crippen molar-refractivity contribution in [1.29, 1.82) is 0 Å². The summed E-state index contributed by atoms with van der Waals surface area (Å²) in [5.74, 6) is 0. The van der Waals surface area contributed by atoms with Gasteiger partial charge in [-0.1, -0.05) is 6.42 Å². The summed E-state index contributed by atoms with van der Waals surface area (Å²) in [5, 5.41) is 0. The van der Waals surface area contributed by atoms with Crippen molar-refractivity contribution in [2.45, 2.75) is 52.0 Å². The average Bonchev–Trinajstić information content (AvgIpc) is 2.18. The first-order valence-corrected chi connectivity index (χ1v) is 5.57. The highest BCUT2D eigenvalue weighted by Crippen LogP contribution is 2.26. The molecule has 2 heteroatoms. The van der Waals surface area contributed by atoms with Crippen molar-refractivity contribution >= 4 is 0 Å². The third kappa shape index (κ3) is 2.96. The lowest BCUT2D eigenvalue weighted by Crippen LogP contribution is -2.52. The predicted molar refractivity (Wildman–Crippen MR) is 56.1 cm³/mol. The number of hydrogen-bond acceptors (Lipinski definition) is 1. The summed E-state index contributed by atoms with van der Waals surface area (Å²) in [5.41, 5.74) is 0. The van der Waals surface area contributed by atoms with Crippen LogP contribution in [0.15, 0.2) is 0 Å². The van der Waals surface area contributed by atoms with Crippen LogP contribution >= 0.6 is 0 Å². The largest absolute Gasteiger partial charge is 0.870 e. The maximum Gasteiger partial charge on any atom is 0.0888 e. The molecule has 1 saturated carbocycles. The summed E-state index contributed by atoms with van der Waals surface area (Å²) in [4.78, 5) is 0. The minimum absolute atomic E-state index is 0.